The Kier molecular flexibility index (Phi) is 3.68. The molecule has 1 saturated heterocycles. The Hall–Kier alpha value is 0.260. The molecule has 0 radical (unpaired) electrons. The second kappa shape index (κ2) is 4.33. The van der Waals surface area contributed by atoms with E-state index in [1.54, 1.807) is 0 Å². The van der Waals surface area contributed by atoms with E-state index >= 15 is 0 Å². The molecule has 1 heterocycles. The molecule has 1 aliphatic heterocycles. The van der Waals surface area contributed by atoms with Crippen molar-refractivity contribution in [1.29, 1.82) is 0 Å². The molecular formula is C6H9NOS3. The summed E-state index contributed by atoms with van der Waals surface area (Å²) in [5.74, 6) is 0.924. The van der Waals surface area contributed by atoms with Crippen molar-refractivity contribution in [2.45, 2.75) is 12.5 Å². The number of carbonyl (C=O) groups excluding carboxylic acids is 1. The first-order chi connectivity index (χ1) is 5.24. The molecule has 1 rings (SSSR count). The van der Waals surface area contributed by atoms with Crippen LogP contribution in [0.1, 0.15) is 6.42 Å². The van der Waals surface area contributed by atoms with E-state index in [1.165, 1.54) is 23.5 Å². The van der Waals surface area contributed by atoms with Gasteiger partial charge in [-0.05, 0) is 12.7 Å². The summed E-state index contributed by atoms with van der Waals surface area (Å²) in [7, 11) is 0. The molecule has 1 atom stereocenters. The second-order valence-corrected chi connectivity index (χ2v) is 4.73. The lowest BCUT2D eigenvalue weighted by Gasteiger charge is -2.09. The van der Waals surface area contributed by atoms with Crippen LogP contribution < -0.4 is 5.32 Å². The Morgan fingerprint density at radius 1 is 1.91 bits per heavy atom. The summed E-state index contributed by atoms with van der Waals surface area (Å²) >= 11 is 7.80. The van der Waals surface area contributed by atoms with Crippen LogP contribution in [0.15, 0.2) is 0 Å². The molecule has 62 valence electrons. The first-order valence-electron chi connectivity index (χ1n) is 3.25. The first kappa shape index (κ1) is 9.35. The van der Waals surface area contributed by atoms with Gasteiger partial charge >= 0.3 is 0 Å². The normalized spacial score (nSPS) is 23.7. The maximum absolute atomic E-state index is 11.1. The molecule has 0 aliphatic carbocycles. The fraction of sp³-hybridized carbons (Fsp3) is 0.667. The molecule has 11 heavy (non-hydrogen) atoms. The maximum Gasteiger partial charge on any atom is 0.211 e. The second-order valence-electron chi connectivity index (χ2n) is 2.14. The van der Waals surface area contributed by atoms with E-state index in [2.05, 4.69) is 5.32 Å². The minimum Gasteiger partial charge on any atom is -0.360 e. The molecule has 0 spiro atoms. The number of rotatable bonds is 1. The predicted octanol–water partition coefficient (Wildman–Crippen LogP) is 1.26. The number of nitrogens with one attached hydrogen (secondary N) is 1. The summed E-state index contributed by atoms with van der Waals surface area (Å²) in [6.45, 7) is 0. The van der Waals surface area contributed by atoms with E-state index in [1.807, 2.05) is 6.26 Å². The molecule has 5 heteroatoms. The first-order valence-corrected chi connectivity index (χ1v) is 5.87. The molecule has 0 aromatic carbocycles. The quantitative estimate of drug-likeness (QED) is 0.654. The third-order valence-electron chi connectivity index (χ3n) is 1.41. The van der Waals surface area contributed by atoms with Gasteiger partial charge in [-0.2, -0.15) is 0 Å². The van der Waals surface area contributed by atoms with E-state index in [9.17, 15) is 4.79 Å². The van der Waals surface area contributed by atoms with Crippen LogP contribution >= 0.6 is 35.7 Å². The molecule has 0 unspecified atom stereocenters. The number of carbonyl (C=O) groups is 1. The molecule has 0 aromatic heterocycles. The van der Waals surface area contributed by atoms with Crippen LogP contribution in [-0.2, 0) is 4.79 Å². The van der Waals surface area contributed by atoms with Crippen molar-refractivity contribution in [2.24, 2.45) is 0 Å². The molecule has 0 bridgehead atoms. The zero-order valence-corrected chi connectivity index (χ0v) is 8.57. The molecule has 0 saturated carbocycles. The number of thiocarbonyl (C=S) groups is 1. The Bertz CT molecular complexity index is 183. The lowest BCUT2D eigenvalue weighted by Crippen LogP contribution is -2.34. The van der Waals surface area contributed by atoms with Crippen molar-refractivity contribution in [2.75, 3.05) is 12.0 Å². The van der Waals surface area contributed by atoms with Crippen molar-refractivity contribution in [3.8, 4) is 0 Å². The molecular weight excluding hydrogens is 198 g/mol. The van der Waals surface area contributed by atoms with Crippen molar-refractivity contribution >= 4 is 45.2 Å². The van der Waals surface area contributed by atoms with Crippen molar-refractivity contribution in [1.82, 2.24) is 5.32 Å². The van der Waals surface area contributed by atoms with Gasteiger partial charge in [0.25, 0.3) is 0 Å². The minimum absolute atomic E-state index is 0.0278. The minimum atomic E-state index is -0.0278. The highest BCUT2D eigenvalue weighted by molar-refractivity contribution is 8.22. The Labute approximate surface area is 79.9 Å². The lowest BCUT2D eigenvalue weighted by molar-refractivity contribution is -0.111. The molecule has 1 aliphatic rings. The van der Waals surface area contributed by atoms with Gasteiger partial charge in [0, 0.05) is 5.75 Å². The largest absolute Gasteiger partial charge is 0.360 e. The Morgan fingerprint density at radius 2 is 2.64 bits per heavy atom. The van der Waals surface area contributed by atoms with Crippen molar-refractivity contribution in [3.63, 3.8) is 0 Å². The third kappa shape index (κ3) is 2.65. The average molecular weight is 207 g/mol. The van der Waals surface area contributed by atoms with Gasteiger partial charge in [0.05, 0.1) is 6.04 Å². The van der Waals surface area contributed by atoms with E-state index in [0.29, 0.717) is 4.32 Å². The van der Waals surface area contributed by atoms with Crippen LogP contribution in [0.4, 0.5) is 0 Å². The van der Waals surface area contributed by atoms with Gasteiger partial charge in [-0.25, -0.2) is 0 Å². The highest BCUT2D eigenvalue weighted by Gasteiger charge is 2.25. The summed E-state index contributed by atoms with van der Waals surface area (Å²) in [6, 6.07) is -0.0278. The number of thioether (sulfide) groups is 2. The smallest absolute Gasteiger partial charge is 0.211 e. The van der Waals surface area contributed by atoms with Crippen LogP contribution in [0, 0.1) is 0 Å². The van der Waals surface area contributed by atoms with E-state index < -0.39 is 0 Å². The summed E-state index contributed by atoms with van der Waals surface area (Å²) in [5.41, 5.74) is 0. The summed E-state index contributed by atoms with van der Waals surface area (Å²) in [6.07, 6.45) is 2.81. The lowest BCUT2D eigenvalue weighted by atomic mass is 10.3. The maximum atomic E-state index is 11.1. The summed E-state index contributed by atoms with van der Waals surface area (Å²) in [5, 5.41) is 3.23. The zero-order chi connectivity index (χ0) is 8.27. The van der Waals surface area contributed by atoms with Gasteiger partial charge in [-0.15, -0.1) is 11.8 Å². The number of hydrogen-bond donors (Lipinski definition) is 1. The van der Waals surface area contributed by atoms with Crippen LogP contribution in [0.2, 0.25) is 0 Å². The van der Waals surface area contributed by atoms with Gasteiger partial charge in [0.2, 0.25) is 5.12 Å². The highest BCUT2D eigenvalue weighted by Crippen LogP contribution is 2.19. The van der Waals surface area contributed by atoms with E-state index in [-0.39, 0.29) is 11.2 Å². The SMILES string of the molecule is CSC(=S)N[C@@H]1CCSC1=O. The van der Waals surface area contributed by atoms with Crippen LogP contribution in [0.3, 0.4) is 0 Å². The van der Waals surface area contributed by atoms with Crippen LogP contribution in [-0.4, -0.2) is 27.5 Å². The van der Waals surface area contributed by atoms with Gasteiger partial charge in [0.1, 0.15) is 4.32 Å². The Morgan fingerprint density at radius 3 is 3.09 bits per heavy atom. The Balaban J connectivity index is 2.36. The number of hydrogen-bond acceptors (Lipinski definition) is 4. The van der Waals surface area contributed by atoms with Gasteiger partial charge in [-0.1, -0.05) is 24.0 Å². The van der Waals surface area contributed by atoms with E-state index in [4.69, 9.17) is 12.2 Å². The van der Waals surface area contributed by atoms with Crippen molar-refractivity contribution < 1.29 is 4.79 Å². The summed E-state index contributed by atoms with van der Waals surface area (Å²) < 4.78 is 0.714. The van der Waals surface area contributed by atoms with Crippen molar-refractivity contribution in [3.05, 3.63) is 0 Å². The predicted molar refractivity (Wildman–Crippen MR) is 55.1 cm³/mol. The average Bonchev–Trinajstić information content (AvgIpc) is 2.37. The fourth-order valence-corrected chi connectivity index (χ4v) is 2.16. The topological polar surface area (TPSA) is 29.1 Å². The molecule has 0 aromatic rings. The fourth-order valence-electron chi connectivity index (χ4n) is 0.828. The monoisotopic (exact) mass is 207 g/mol. The van der Waals surface area contributed by atoms with Gasteiger partial charge in [-0.3, -0.25) is 4.79 Å². The molecule has 0 amide bonds. The molecule has 2 nitrogen and oxygen atoms in total. The molecule has 1 fully saturated rings. The standard InChI is InChI=1S/C6H9NOS3/c1-10-6(9)7-4-2-3-11-5(4)8/h4H,2-3H2,1H3,(H,7,9)/t4-/m1/s1. The van der Waals surface area contributed by atoms with Crippen LogP contribution in [0.5, 0.6) is 0 Å². The van der Waals surface area contributed by atoms with Crippen LogP contribution in [0.25, 0.3) is 0 Å². The summed E-state index contributed by atoms with van der Waals surface area (Å²) in [4.78, 5) is 11.1. The third-order valence-corrected chi connectivity index (χ3v) is 3.53. The van der Waals surface area contributed by atoms with E-state index in [0.717, 1.165) is 12.2 Å². The highest BCUT2D eigenvalue weighted by atomic mass is 32.2. The van der Waals surface area contributed by atoms with Gasteiger partial charge in [0.15, 0.2) is 0 Å². The zero-order valence-electron chi connectivity index (χ0n) is 6.12. The molecule has 1 N–H and O–H groups in total. The van der Waals surface area contributed by atoms with Gasteiger partial charge < -0.3 is 5.32 Å².